The summed E-state index contributed by atoms with van der Waals surface area (Å²) < 4.78 is 3.29. The largest absolute Gasteiger partial charge is 0.334 e. The first-order chi connectivity index (χ1) is 6.61. The maximum Gasteiger partial charge on any atom is 0.277 e. The number of aryl methyl sites for hydroxylation is 3. The van der Waals surface area contributed by atoms with Crippen molar-refractivity contribution in [2.75, 3.05) is 0 Å². The van der Waals surface area contributed by atoms with Crippen LogP contribution in [0.1, 0.15) is 5.69 Å². The molecule has 0 bridgehead atoms. The Kier molecular flexibility index (Phi) is 1.80. The Bertz CT molecular complexity index is 517. The molecule has 0 fully saturated rings. The Balaban J connectivity index is 2.74. The average Bonchev–Trinajstić information content (AvgIpc) is 2.60. The molecule has 0 aliphatic heterocycles. The van der Waals surface area contributed by atoms with Gasteiger partial charge in [-0.05, 0) is 6.92 Å². The van der Waals surface area contributed by atoms with Crippen LogP contribution in [0.5, 0.6) is 0 Å². The van der Waals surface area contributed by atoms with E-state index in [0.717, 1.165) is 5.69 Å². The third-order valence-electron chi connectivity index (χ3n) is 2.27. The monoisotopic (exact) mass is 192 g/mol. The maximum absolute atomic E-state index is 11.7. The van der Waals surface area contributed by atoms with Crippen LogP contribution in [0.25, 0.3) is 11.4 Å². The molecule has 0 saturated heterocycles. The van der Waals surface area contributed by atoms with E-state index in [-0.39, 0.29) is 5.56 Å². The van der Waals surface area contributed by atoms with E-state index in [0.29, 0.717) is 11.4 Å². The van der Waals surface area contributed by atoms with E-state index >= 15 is 0 Å². The number of aromatic amines is 1. The molecule has 1 N–H and O–H groups in total. The van der Waals surface area contributed by atoms with Crippen molar-refractivity contribution in [3.05, 3.63) is 28.4 Å². The van der Waals surface area contributed by atoms with Crippen molar-refractivity contribution in [2.24, 2.45) is 14.1 Å². The van der Waals surface area contributed by atoms with Crippen LogP contribution in [-0.4, -0.2) is 19.3 Å². The highest BCUT2D eigenvalue weighted by Gasteiger charge is 2.14. The van der Waals surface area contributed by atoms with Crippen molar-refractivity contribution in [1.29, 1.82) is 0 Å². The van der Waals surface area contributed by atoms with E-state index < -0.39 is 0 Å². The first kappa shape index (κ1) is 8.80. The van der Waals surface area contributed by atoms with Crippen molar-refractivity contribution in [1.82, 2.24) is 19.3 Å². The summed E-state index contributed by atoms with van der Waals surface area (Å²) in [4.78, 5) is 15.9. The van der Waals surface area contributed by atoms with Crippen LogP contribution in [0.4, 0.5) is 0 Å². The average molecular weight is 192 g/mol. The predicted molar refractivity (Wildman–Crippen MR) is 53.0 cm³/mol. The number of H-pyrrole nitrogens is 1. The molecule has 5 heteroatoms. The van der Waals surface area contributed by atoms with Crippen LogP contribution < -0.4 is 5.56 Å². The molecular weight excluding hydrogens is 180 g/mol. The minimum absolute atomic E-state index is 0.0446. The summed E-state index contributed by atoms with van der Waals surface area (Å²) in [6, 6.07) is 0. The Morgan fingerprint density at radius 1 is 1.43 bits per heavy atom. The molecule has 0 radical (unpaired) electrons. The second kappa shape index (κ2) is 2.87. The summed E-state index contributed by atoms with van der Waals surface area (Å²) in [6.07, 6.45) is 3.50. The van der Waals surface area contributed by atoms with Crippen molar-refractivity contribution in [3.8, 4) is 11.4 Å². The minimum atomic E-state index is -0.0446. The van der Waals surface area contributed by atoms with Crippen LogP contribution >= 0.6 is 0 Å². The highest BCUT2D eigenvalue weighted by molar-refractivity contribution is 5.57. The summed E-state index contributed by atoms with van der Waals surface area (Å²) in [6.45, 7) is 1.87. The molecule has 0 spiro atoms. The second-order valence-electron chi connectivity index (χ2n) is 3.34. The van der Waals surface area contributed by atoms with Gasteiger partial charge >= 0.3 is 0 Å². The van der Waals surface area contributed by atoms with Gasteiger partial charge < -0.3 is 4.57 Å². The maximum atomic E-state index is 11.7. The third kappa shape index (κ3) is 1.09. The van der Waals surface area contributed by atoms with E-state index in [1.165, 1.54) is 4.68 Å². The standard InChI is InChI=1S/C9H12N4O/c1-6-7(9(14)13(3)11-6)8-10-4-5-12(8)2/h4-5,11H,1-3H3. The van der Waals surface area contributed by atoms with Gasteiger partial charge in [-0.1, -0.05) is 0 Å². The zero-order valence-electron chi connectivity index (χ0n) is 8.40. The van der Waals surface area contributed by atoms with Gasteiger partial charge in [0, 0.05) is 32.2 Å². The lowest BCUT2D eigenvalue weighted by Crippen LogP contribution is -2.14. The molecule has 14 heavy (non-hydrogen) atoms. The smallest absolute Gasteiger partial charge is 0.277 e. The van der Waals surface area contributed by atoms with Crippen molar-refractivity contribution >= 4 is 0 Å². The zero-order valence-corrected chi connectivity index (χ0v) is 8.40. The lowest BCUT2D eigenvalue weighted by atomic mass is 10.2. The number of aromatic nitrogens is 4. The number of rotatable bonds is 1. The van der Waals surface area contributed by atoms with E-state index in [9.17, 15) is 4.79 Å². The number of nitrogens with one attached hydrogen (secondary N) is 1. The third-order valence-corrected chi connectivity index (χ3v) is 2.27. The molecule has 0 saturated carbocycles. The summed E-state index contributed by atoms with van der Waals surface area (Å²) >= 11 is 0. The Hall–Kier alpha value is -1.78. The van der Waals surface area contributed by atoms with Gasteiger partial charge in [-0.2, -0.15) is 0 Å². The topological polar surface area (TPSA) is 55.6 Å². The Morgan fingerprint density at radius 3 is 2.57 bits per heavy atom. The van der Waals surface area contributed by atoms with E-state index in [4.69, 9.17) is 0 Å². The van der Waals surface area contributed by atoms with Crippen molar-refractivity contribution in [2.45, 2.75) is 6.92 Å². The van der Waals surface area contributed by atoms with E-state index in [1.54, 1.807) is 13.2 Å². The van der Waals surface area contributed by atoms with E-state index in [1.807, 2.05) is 24.7 Å². The summed E-state index contributed by atoms with van der Waals surface area (Å²) in [5.74, 6) is 0.698. The molecular formula is C9H12N4O. The quantitative estimate of drug-likeness (QED) is 0.712. The normalized spacial score (nSPS) is 10.8. The second-order valence-corrected chi connectivity index (χ2v) is 3.34. The lowest BCUT2D eigenvalue weighted by molar-refractivity contribution is 0.731. The van der Waals surface area contributed by atoms with Gasteiger partial charge in [-0.3, -0.25) is 14.6 Å². The summed E-state index contributed by atoms with van der Waals surface area (Å²) in [5, 5.41) is 2.94. The van der Waals surface area contributed by atoms with Crippen molar-refractivity contribution < 1.29 is 0 Å². The van der Waals surface area contributed by atoms with Crippen LogP contribution in [-0.2, 0) is 14.1 Å². The predicted octanol–water partition coefficient (Wildman–Crippen LogP) is 0.422. The summed E-state index contributed by atoms with van der Waals surface area (Å²) in [7, 11) is 3.57. The fourth-order valence-corrected chi connectivity index (χ4v) is 1.56. The molecule has 2 aromatic heterocycles. The molecule has 0 unspecified atom stereocenters. The Morgan fingerprint density at radius 2 is 2.14 bits per heavy atom. The molecule has 74 valence electrons. The molecule has 0 amide bonds. The van der Waals surface area contributed by atoms with Crippen LogP contribution in [0.15, 0.2) is 17.2 Å². The molecule has 0 aliphatic rings. The molecule has 0 aromatic carbocycles. The van der Waals surface area contributed by atoms with Gasteiger partial charge in [0.1, 0.15) is 11.4 Å². The Labute approximate surface area is 81.0 Å². The number of hydrogen-bond acceptors (Lipinski definition) is 2. The van der Waals surface area contributed by atoms with Crippen LogP contribution in [0.3, 0.4) is 0 Å². The van der Waals surface area contributed by atoms with Crippen LogP contribution in [0.2, 0.25) is 0 Å². The zero-order chi connectivity index (χ0) is 10.3. The van der Waals surface area contributed by atoms with Crippen molar-refractivity contribution in [3.63, 3.8) is 0 Å². The fraction of sp³-hybridized carbons (Fsp3) is 0.333. The van der Waals surface area contributed by atoms with Gasteiger partial charge in [0.25, 0.3) is 5.56 Å². The molecule has 0 atom stereocenters. The van der Waals surface area contributed by atoms with Gasteiger partial charge in [0.2, 0.25) is 0 Å². The fourth-order valence-electron chi connectivity index (χ4n) is 1.56. The molecule has 5 nitrogen and oxygen atoms in total. The summed E-state index contributed by atoms with van der Waals surface area (Å²) in [5.41, 5.74) is 1.43. The molecule has 0 aliphatic carbocycles. The number of nitrogens with zero attached hydrogens (tertiary/aromatic N) is 3. The van der Waals surface area contributed by atoms with Gasteiger partial charge in [-0.25, -0.2) is 4.98 Å². The number of imidazole rings is 1. The minimum Gasteiger partial charge on any atom is -0.334 e. The molecule has 2 aromatic rings. The van der Waals surface area contributed by atoms with E-state index in [2.05, 4.69) is 10.1 Å². The van der Waals surface area contributed by atoms with Gasteiger partial charge in [-0.15, -0.1) is 0 Å². The van der Waals surface area contributed by atoms with Gasteiger partial charge in [0.05, 0.1) is 0 Å². The molecule has 2 rings (SSSR count). The highest BCUT2D eigenvalue weighted by atomic mass is 16.1. The SMILES string of the molecule is Cc1[nH]n(C)c(=O)c1-c1nccn1C. The van der Waals surface area contributed by atoms with Crippen LogP contribution in [0, 0.1) is 6.92 Å². The van der Waals surface area contributed by atoms with Gasteiger partial charge in [0.15, 0.2) is 0 Å². The first-order valence-corrected chi connectivity index (χ1v) is 4.34. The number of hydrogen-bond donors (Lipinski definition) is 1. The highest BCUT2D eigenvalue weighted by Crippen LogP contribution is 2.14. The molecule has 2 heterocycles. The lowest BCUT2D eigenvalue weighted by Gasteiger charge is -1.97. The first-order valence-electron chi connectivity index (χ1n) is 4.34.